The second-order valence-electron chi connectivity index (χ2n) is 6.44. The molecule has 1 aliphatic carbocycles. The SMILES string of the molecule is CCC1C(=O)NC(CC)(CC)C(=O)N1C(C)CC1CC1. The van der Waals surface area contributed by atoms with Crippen molar-refractivity contribution in [3.8, 4) is 0 Å². The summed E-state index contributed by atoms with van der Waals surface area (Å²) in [5, 5.41) is 3.00. The first-order valence-electron chi connectivity index (χ1n) is 8.13. The van der Waals surface area contributed by atoms with Crippen LogP contribution in [0.15, 0.2) is 0 Å². The largest absolute Gasteiger partial charge is 0.340 e. The molecule has 2 atom stereocenters. The quantitative estimate of drug-likeness (QED) is 0.812. The van der Waals surface area contributed by atoms with Gasteiger partial charge in [0.2, 0.25) is 11.8 Å². The molecule has 0 spiro atoms. The summed E-state index contributed by atoms with van der Waals surface area (Å²) in [5.74, 6) is 0.915. The molecule has 2 fully saturated rings. The van der Waals surface area contributed by atoms with E-state index in [2.05, 4.69) is 12.2 Å². The number of amides is 2. The van der Waals surface area contributed by atoms with E-state index in [4.69, 9.17) is 0 Å². The van der Waals surface area contributed by atoms with E-state index >= 15 is 0 Å². The second kappa shape index (κ2) is 5.74. The van der Waals surface area contributed by atoms with Crippen LogP contribution in [0.3, 0.4) is 0 Å². The van der Waals surface area contributed by atoms with Crippen LogP contribution in [0.4, 0.5) is 0 Å². The molecule has 0 aromatic heterocycles. The molecular formula is C16H28N2O2. The molecule has 2 rings (SSSR count). The van der Waals surface area contributed by atoms with Gasteiger partial charge < -0.3 is 10.2 Å². The third-order valence-electron chi connectivity index (χ3n) is 5.08. The van der Waals surface area contributed by atoms with E-state index in [1.807, 2.05) is 25.7 Å². The molecule has 2 aliphatic rings. The van der Waals surface area contributed by atoms with Crippen LogP contribution >= 0.6 is 0 Å². The van der Waals surface area contributed by atoms with E-state index in [1.54, 1.807) is 0 Å². The summed E-state index contributed by atoms with van der Waals surface area (Å²) < 4.78 is 0. The Labute approximate surface area is 122 Å². The third kappa shape index (κ3) is 2.57. The lowest BCUT2D eigenvalue weighted by molar-refractivity contribution is -0.158. The Morgan fingerprint density at radius 2 is 1.85 bits per heavy atom. The van der Waals surface area contributed by atoms with Crippen molar-refractivity contribution in [3.05, 3.63) is 0 Å². The number of piperazine rings is 1. The molecule has 1 heterocycles. The maximum absolute atomic E-state index is 13.0. The van der Waals surface area contributed by atoms with E-state index in [-0.39, 0.29) is 23.9 Å². The Morgan fingerprint density at radius 1 is 1.25 bits per heavy atom. The van der Waals surface area contributed by atoms with E-state index in [1.165, 1.54) is 12.8 Å². The predicted octanol–water partition coefficient (Wildman–Crippen LogP) is 2.47. The van der Waals surface area contributed by atoms with Crippen molar-refractivity contribution in [2.45, 2.75) is 83.8 Å². The monoisotopic (exact) mass is 280 g/mol. The van der Waals surface area contributed by atoms with Gasteiger partial charge in [-0.25, -0.2) is 0 Å². The highest BCUT2D eigenvalue weighted by Gasteiger charge is 2.49. The highest BCUT2D eigenvalue weighted by atomic mass is 16.2. The number of carbonyl (C=O) groups excluding carboxylic acids is 2. The summed E-state index contributed by atoms with van der Waals surface area (Å²) in [6.45, 7) is 8.06. The first kappa shape index (κ1) is 15.3. The topological polar surface area (TPSA) is 49.4 Å². The molecule has 0 aromatic carbocycles. The number of hydrogen-bond acceptors (Lipinski definition) is 2. The van der Waals surface area contributed by atoms with Gasteiger partial charge in [0.15, 0.2) is 0 Å². The molecule has 0 bridgehead atoms. The van der Waals surface area contributed by atoms with Crippen molar-refractivity contribution >= 4 is 11.8 Å². The van der Waals surface area contributed by atoms with Crippen molar-refractivity contribution in [3.63, 3.8) is 0 Å². The summed E-state index contributed by atoms with van der Waals surface area (Å²) in [7, 11) is 0. The van der Waals surface area contributed by atoms with Gasteiger partial charge >= 0.3 is 0 Å². The van der Waals surface area contributed by atoms with Gasteiger partial charge in [-0.05, 0) is 38.5 Å². The van der Waals surface area contributed by atoms with Gasteiger partial charge in [0.05, 0.1) is 0 Å². The standard InChI is InChI=1S/C16H28N2O2/c1-5-13-14(19)17-16(6-2,7-3)15(20)18(13)11(4)10-12-8-9-12/h11-13H,5-10H2,1-4H3,(H,17,19). The Kier molecular flexibility index (Phi) is 4.40. The Hall–Kier alpha value is -1.06. The Bertz CT molecular complexity index is 386. The molecule has 2 unspecified atom stereocenters. The second-order valence-corrected chi connectivity index (χ2v) is 6.44. The molecule has 4 nitrogen and oxygen atoms in total. The average molecular weight is 280 g/mol. The number of hydrogen-bond donors (Lipinski definition) is 1. The van der Waals surface area contributed by atoms with Crippen molar-refractivity contribution in [1.29, 1.82) is 0 Å². The predicted molar refractivity (Wildman–Crippen MR) is 79.2 cm³/mol. The first-order chi connectivity index (χ1) is 9.49. The van der Waals surface area contributed by atoms with Crippen LogP contribution in [0.25, 0.3) is 0 Å². The van der Waals surface area contributed by atoms with E-state index < -0.39 is 5.54 Å². The highest BCUT2D eigenvalue weighted by molar-refractivity contribution is 5.99. The molecule has 1 saturated heterocycles. The van der Waals surface area contributed by atoms with Crippen LogP contribution in [0.1, 0.15) is 66.2 Å². The van der Waals surface area contributed by atoms with Gasteiger partial charge in [-0.3, -0.25) is 9.59 Å². The fourth-order valence-corrected chi connectivity index (χ4v) is 3.46. The summed E-state index contributed by atoms with van der Waals surface area (Å²) in [4.78, 5) is 27.3. The summed E-state index contributed by atoms with van der Waals surface area (Å²) >= 11 is 0. The van der Waals surface area contributed by atoms with Gasteiger partial charge in [-0.2, -0.15) is 0 Å². The normalized spacial score (nSPS) is 27.4. The van der Waals surface area contributed by atoms with Crippen LogP contribution in [0.5, 0.6) is 0 Å². The lowest BCUT2D eigenvalue weighted by atomic mass is 9.85. The zero-order chi connectivity index (χ0) is 14.9. The lowest BCUT2D eigenvalue weighted by Crippen LogP contribution is -2.71. The number of nitrogens with one attached hydrogen (secondary N) is 1. The number of carbonyl (C=O) groups is 2. The van der Waals surface area contributed by atoms with Gasteiger partial charge in [0, 0.05) is 6.04 Å². The third-order valence-corrected chi connectivity index (χ3v) is 5.08. The summed E-state index contributed by atoms with van der Waals surface area (Å²) in [6.07, 6.45) is 5.62. The zero-order valence-corrected chi connectivity index (χ0v) is 13.2. The van der Waals surface area contributed by atoms with E-state index in [0.717, 1.165) is 12.3 Å². The van der Waals surface area contributed by atoms with Crippen molar-refractivity contribution in [1.82, 2.24) is 10.2 Å². The molecule has 2 amide bonds. The fraction of sp³-hybridized carbons (Fsp3) is 0.875. The van der Waals surface area contributed by atoms with E-state index in [9.17, 15) is 9.59 Å². The van der Waals surface area contributed by atoms with Crippen molar-refractivity contribution in [2.75, 3.05) is 0 Å². The van der Waals surface area contributed by atoms with Crippen LogP contribution in [0, 0.1) is 5.92 Å². The minimum atomic E-state index is -0.680. The number of rotatable bonds is 6. The summed E-state index contributed by atoms with van der Waals surface area (Å²) in [6, 6.07) is -0.119. The molecule has 1 aliphatic heterocycles. The molecule has 114 valence electrons. The molecule has 1 saturated carbocycles. The first-order valence-corrected chi connectivity index (χ1v) is 8.13. The van der Waals surface area contributed by atoms with Gasteiger partial charge in [0.25, 0.3) is 0 Å². The summed E-state index contributed by atoms with van der Waals surface area (Å²) in [5.41, 5.74) is -0.680. The molecule has 0 aromatic rings. The minimum Gasteiger partial charge on any atom is -0.340 e. The van der Waals surface area contributed by atoms with Crippen molar-refractivity contribution < 1.29 is 9.59 Å². The average Bonchev–Trinajstić information content (AvgIpc) is 3.24. The molecule has 20 heavy (non-hydrogen) atoms. The van der Waals surface area contributed by atoms with Crippen LogP contribution in [-0.2, 0) is 9.59 Å². The molecule has 4 heteroatoms. The maximum atomic E-state index is 13.0. The highest BCUT2D eigenvalue weighted by Crippen LogP contribution is 2.37. The number of nitrogens with zero attached hydrogens (tertiary/aromatic N) is 1. The van der Waals surface area contributed by atoms with Crippen LogP contribution in [-0.4, -0.2) is 34.3 Å². The maximum Gasteiger partial charge on any atom is 0.249 e. The molecule has 1 N–H and O–H groups in total. The Morgan fingerprint density at radius 3 is 2.30 bits per heavy atom. The van der Waals surface area contributed by atoms with Crippen molar-refractivity contribution in [2.24, 2.45) is 5.92 Å². The molecule has 0 radical (unpaired) electrons. The van der Waals surface area contributed by atoms with E-state index in [0.29, 0.717) is 19.3 Å². The van der Waals surface area contributed by atoms with Gasteiger partial charge in [0.1, 0.15) is 11.6 Å². The van der Waals surface area contributed by atoms with Gasteiger partial charge in [-0.1, -0.05) is 33.6 Å². The van der Waals surface area contributed by atoms with Crippen LogP contribution in [0.2, 0.25) is 0 Å². The fourth-order valence-electron chi connectivity index (χ4n) is 3.46. The Balaban J connectivity index is 2.26. The lowest BCUT2D eigenvalue weighted by Gasteiger charge is -2.48. The smallest absolute Gasteiger partial charge is 0.249 e. The zero-order valence-electron chi connectivity index (χ0n) is 13.2. The van der Waals surface area contributed by atoms with Crippen LogP contribution < -0.4 is 5.32 Å². The molecular weight excluding hydrogens is 252 g/mol. The van der Waals surface area contributed by atoms with Gasteiger partial charge in [-0.15, -0.1) is 0 Å². The minimum absolute atomic E-state index is 0.0263.